The number of rotatable bonds is 2. The van der Waals surface area contributed by atoms with E-state index in [1.165, 1.54) is 0 Å². The SMILES string of the molecule is NCCn1cnc2c(=S)nc[nH]c21. The Balaban J connectivity index is 2.68. The number of hydrogen-bond donors (Lipinski definition) is 2. The highest BCUT2D eigenvalue weighted by Gasteiger charge is 2.02. The summed E-state index contributed by atoms with van der Waals surface area (Å²) in [5.41, 5.74) is 7.05. The predicted molar refractivity (Wildman–Crippen MR) is 51.8 cm³/mol. The highest BCUT2D eigenvalue weighted by Crippen LogP contribution is 2.08. The lowest BCUT2D eigenvalue weighted by Gasteiger charge is -1.99. The summed E-state index contributed by atoms with van der Waals surface area (Å²) in [6, 6.07) is 0. The Morgan fingerprint density at radius 1 is 1.54 bits per heavy atom. The van der Waals surface area contributed by atoms with Gasteiger partial charge < -0.3 is 15.3 Å². The zero-order chi connectivity index (χ0) is 9.26. The highest BCUT2D eigenvalue weighted by atomic mass is 32.1. The summed E-state index contributed by atoms with van der Waals surface area (Å²) in [7, 11) is 0. The molecule has 0 saturated carbocycles. The van der Waals surface area contributed by atoms with Crippen LogP contribution in [0.25, 0.3) is 11.2 Å². The molecule has 13 heavy (non-hydrogen) atoms. The van der Waals surface area contributed by atoms with Gasteiger partial charge in [-0.15, -0.1) is 0 Å². The van der Waals surface area contributed by atoms with Crippen LogP contribution in [0.15, 0.2) is 12.7 Å². The minimum Gasteiger partial charge on any atom is -0.331 e. The van der Waals surface area contributed by atoms with Crippen LogP contribution in [0.5, 0.6) is 0 Å². The van der Waals surface area contributed by atoms with Gasteiger partial charge in [0.05, 0.1) is 12.7 Å². The van der Waals surface area contributed by atoms with Gasteiger partial charge in [-0.25, -0.2) is 9.97 Å². The lowest BCUT2D eigenvalue weighted by Crippen LogP contribution is -2.09. The standard InChI is InChI=1S/C7H9N5S/c8-1-2-12-4-11-5-6(12)9-3-10-7(5)13/h3-4H,1-2,8H2,(H,9,10,13). The number of aromatic nitrogens is 4. The van der Waals surface area contributed by atoms with E-state index < -0.39 is 0 Å². The molecule has 0 fully saturated rings. The van der Waals surface area contributed by atoms with E-state index in [0.717, 1.165) is 17.7 Å². The first kappa shape index (κ1) is 8.33. The van der Waals surface area contributed by atoms with Gasteiger partial charge in [-0.1, -0.05) is 12.2 Å². The predicted octanol–water partition coefficient (Wildman–Crippen LogP) is 0.448. The monoisotopic (exact) mass is 195 g/mol. The van der Waals surface area contributed by atoms with Crippen molar-refractivity contribution in [2.45, 2.75) is 6.54 Å². The van der Waals surface area contributed by atoms with E-state index in [0.29, 0.717) is 11.2 Å². The molecule has 0 saturated heterocycles. The van der Waals surface area contributed by atoms with Crippen LogP contribution < -0.4 is 5.73 Å². The van der Waals surface area contributed by atoms with Crippen molar-refractivity contribution in [2.75, 3.05) is 6.54 Å². The second-order valence-corrected chi connectivity index (χ2v) is 3.02. The number of aromatic amines is 1. The summed E-state index contributed by atoms with van der Waals surface area (Å²) >= 11 is 5.01. The van der Waals surface area contributed by atoms with Gasteiger partial charge in [-0.2, -0.15) is 0 Å². The van der Waals surface area contributed by atoms with Crippen molar-refractivity contribution in [1.82, 2.24) is 19.5 Å². The van der Waals surface area contributed by atoms with Crippen LogP contribution in [-0.2, 0) is 6.54 Å². The minimum absolute atomic E-state index is 0.518. The molecule has 2 heterocycles. The molecule has 0 radical (unpaired) electrons. The number of nitrogens with zero attached hydrogens (tertiary/aromatic N) is 3. The number of hydrogen-bond acceptors (Lipinski definition) is 4. The lowest BCUT2D eigenvalue weighted by atomic mass is 10.5. The van der Waals surface area contributed by atoms with Crippen LogP contribution in [0.3, 0.4) is 0 Å². The van der Waals surface area contributed by atoms with E-state index in [1.807, 2.05) is 4.57 Å². The fourth-order valence-corrected chi connectivity index (χ4v) is 1.41. The quantitative estimate of drug-likeness (QED) is 0.682. The maximum Gasteiger partial charge on any atom is 0.157 e. The second kappa shape index (κ2) is 3.23. The number of nitrogens with one attached hydrogen (secondary N) is 1. The molecular weight excluding hydrogens is 186 g/mol. The summed E-state index contributed by atoms with van der Waals surface area (Å²) in [5, 5.41) is 0. The molecule has 0 bridgehead atoms. The van der Waals surface area contributed by atoms with Crippen LogP contribution in [-0.4, -0.2) is 26.1 Å². The fraction of sp³-hybridized carbons (Fsp3) is 0.286. The largest absolute Gasteiger partial charge is 0.331 e. The molecule has 0 amide bonds. The summed E-state index contributed by atoms with van der Waals surface area (Å²) in [5.74, 6) is 0. The summed E-state index contributed by atoms with van der Waals surface area (Å²) < 4.78 is 2.44. The fourth-order valence-electron chi connectivity index (χ4n) is 1.21. The van der Waals surface area contributed by atoms with E-state index in [1.54, 1.807) is 12.7 Å². The number of imidazole rings is 1. The normalized spacial score (nSPS) is 10.8. The van der Waals surface area contributed by atoms with Crippen molar-refractivity contribution in [2.24, 2.45) is 5.73 Å². The molecule has 68 valence electrons. The Bertz CT molecular complexity index is 471. The Kier molecular flexibility index (Phi) is 2.07. The second-order valence-electron chi connectivity index (χ2n) is 2.63. The summed E-state index contributed by atoms with van der Waals surface area (Å²) in [4.78, 5) is 11.1. The summed E-state index contributed by atoms with van der Waals surface area (Å²) in [6.07, 6.45) is 3.28. The van der Waals surface area contributed by atoms with Crippen LogP contribution in [0.4, 0.5) is 0 Å². The van der Waals surface area contributed by atoms with E-state index in [4.69, 9.17) is 18.0 Å². The number of fused-ring (bicyclic) bond motifs is 1. The van der Waals surface area contributed by atoms with Gasteiger partial charge in [0.1, 0.15) is 11.2 Å². The van der Waals surface area contributed by atoms with Crippen LogP contribution in [0.2, 0.25) is 0 Å². The maximum atomic E-state index is 5.44. The molecule has 6 heteroatoms. The topological polar surface area (TPSA) is 72.5 Å². The first-order valence-corrected chi connectivity index (χ1v) is 4.32. The Labute approximate surface area is 79.6 Å². The van der Waals surface area contributed by atoms with Gasteiger partial charge in [0, 0.05) is 13.1 Å². The molecular formula is C7H9N5S. The zero-order valence-electron chi connectivity index (χ0n) is 6.90. The molecule has 0 aromatic carbocycles. The third-order valence-corrected chi connectivity index (χ3v) is 2.09. The Morgan fingerprint density at radius 3 is 3.15 bits per heavy atom. The molecule has 0 aliphatic heterocycles. The molecule has 0 atom stereocenters. The van der Waals surface area contributed by atoms with Crippen molar-refractivity contribution >= 4 is 23.4 Å². The molecule has 0 aliphatic carbocycles. The van der Waals surface area contributed by atoms with E-state index in [2.05, 4.69) is 15.0 Å². The highest BCUT2D eigenvalue weighted by molar-refractivity contribution is 7.71. The van der Waals surface area contributed by atoms with Crippen molar-refractivity contribution in [3.8, 4) is 0 Å². The first-order valence-electron chi connectivity index (χ1n) is 3.91. The van der Waals surface area contributed by atoms with E-state index >= 15 is 0 Å². The average molecular weight is 195 g/mol. The number of H-pyrrole nitrogens is 1. The average Bonchev–Trinajstić information content (AvgIpc) is 2.51. The van der Waals surface area contributed by atoms with Crippen LogP contribution in [0.1, 0.15) is 0 Å². The third-order valence-electron chi connectivity index (χ3n) is 1.79. The lowest BCUT2D eigenvalue weighted by molar-refractivity contribution is 0.721. The molecule has 0 aliphatic rings. The Morgan fingerprint density at radius 2 is 2.38 bits per heavy atom. The van der Waals surface area contributed by atoms with Crippen molar-refractivity contribution in [3.05, 3.63) is 17.3 Å². The molecule has 2 rings (SSSR count). The van der Waals surface area contributed by atoms with E-state index in [-0.39, 0.29) is 0 Å². The zero-order valence-corrected chi connectivity index (χ0v) is 7.71. The molecule has 0 spiro atoms. The van der Waals surface area contributed by atoms with Gasteiger partial charge in [-0.3, -0.25) is 0 Å². The molecule has 5 nitrogen and oxygen atoms in total. The smallest absolute Gasteiger partial charge is 0.157 e. The van der Waals surface area contributed by atoms with Crippen LogP contribution in [0, 0.1) is 4.64 Å². The van der Waals surface area contributed by atoms with Gasteiger partial charge >= 0.3 is 0 Å². The molecule has 2 aromatic rings. The van der Waals surface area contributed by atoms with Gasteiger partial charge in [0.2, 0.25) is 0 Å². The van der Waals surface area contributed by atoms with Gasteiger partial charge in [0.25, 0.3) is 0 Å². The summed E-state index contributed by atoms with van der Waals surface area (Å²) in [6.45, 7) is 1.31. The third kappa shape index (κ3) is 1.34. The van der Waals surface area contributed by atoms with Crippen LogP contribution >= 0.6 is 12.2 Å². The number of nitrogens with two attached hydrogens (primary N) is 1. The van der Waals surface area contributed by atoms with Gasteiger partial charge in [-0.05, 0) is 0 Å². The molecule has 3 N–H and O–H groups in total. The van der Waals surface area contributed by atoms with Crippen molar-refractivity contribution in [3.63, 3.8) is 0 Å². The maximum absolute atomic E-state index is 5.44. The molecule has 2 aromatic heterocycles. The van der Waals surface area contributed by atoms with Crippen molar-refractivity contribution in [1.29, 1.82) is 0 Å². The Hall–Kier alpha value is -1.27. The first-order chi connectivity index (χ1) is 6.33. The van der Waals surface area contributed by atoms with Crippen molar-refractivity contribution < 1.29 is 0 Å². The van der Waals surface area contributed by atoms with Gasteiger partial charge in [0.15, 0.2) is 4.64 Å². The van der Waals surface area contributed by atoms with E-state index in [9.17, 15) is 0 Å². The molecule has 0 unspecified atom stereocenters. The minimum atomic E-state index is 0.518.